The summed E-state index contributed by atoms with van der Waals surface area (Å²) in [6, 6.07) is 16.4. The molecular formula is C22H18Cl2N2O3S. The third kappa shape index (κ3) is 5.48. The molecule has 1 heterocycles. The molecule has 0 fully saturated rings. The number of halogens is 2. The molecule has 3 aromatic rings. The number of carbonyl (C=O) groups excluding carboxylic acids is 1. The number of aromatic nitrogens is 1. The lowest BCUT2D eigenvalue weighted by Gasteiger charge is -2.18. The SMILES string of the molecule is O=C(/C=C/c1ccc(Cl)cc1Cl)NCC(c1cccnc1)S(=O)(=O)c1ccccc1. The first-order chi connectivity index (χ1) is 14.4. The zero-order chi connectivity index (χ0) is 21.6. The number of hydrogen-bond acceptors (Lipinski definition) is 4. The quantitative estimate of drug-likeness (QED) is 0.516. The number of pyridine rings is 1. The lowest BCUT2D eigenvalue weighted by atomic mass is 10.2. The topological polar surface area (TPSA) is 76.1 Å². The summed E-state index contributed by atoms with van der Waals surface area (Å²) in [5, 5.41) is 2.58. The fourth-order valence-electron chi connectivity index (χ4n) is 2.80. The molecular weight excluding hydrogens is 443 g/mol. The highest BCUT2D eigenvalue weighted by molar-refractivity contribution is 7.91. The van der Waals surface area contributed by atoms with E-state index in [1.54, 1.807) is 60.8 Å². The van der Waals surface area contributed by atoms with Gasteiger partial charge in [-0.1, -0.05) is 53.5 Å². The van der Waals surface area contributed by atoms with Crippen molar-refractivity contribution in [3.63, 3.8) is 0 Å². The van der Waals surface area contributed by atoms with Gasteiger partial charge in [0.15, 0.2) is 9.84 Å². The Morgan fingerprint density at radius 1 is 1.07 bits per heavy atom. The summed E-state index contributed by atoms with van der Waals surface area (Å²) in [5.74, 6) is -0.446. The van der Waals surface area contributed by atoms with E-state index in [2.05, 4.69) is 10.3 Å². The van der Waals surface area contributed by atoms with Crippen LogP contribution in [0.1, 0.15) is 16.4 Å². The molecule has 0 bridgehead atoms. The Morgan fingerprint density at radius 2 is 1.83 bits per heavy atom. The summed E-state index contributed by atoms with van der Waals surface area (Å²) in [5.41, 5.74) is 1.11. The van der Waals surface area contributed by atoms with Crippen molar-refractivity contribution in [2.45, 2.75) is 10.1 Å². The Balaban J connectivity index is 1.79. The molecule has 30 heavy (non-hydrogen) atoms. The monoisotopic (exact) mass is 460 g/mol. The molecule has 0 aliphatic heterocycles. The molecule has 0 aliphatic carbocycles. The molecule has 0 saturated heterocycles. The van der Waals surface area contributed by atoms with Crippen LogP contribution in [0.3, 0.4) is 0 Å². The van der Waals surface area contributed by atoms with Crippen molar-refractivity contribution < 1.29 is 13.2 Å². The number of nitrogens with one attached hydrogen (secondary N) is 1. The van der Waals surface area contributed by atoms with E-state index in [0.717, 1.165) is 0 Å². The molecule has 1 unspecified atom stereocenters. The number of benzene rings is 2. The standard InChI is InChI=1S/C22H18Cl2N2O3S/c23-18-10-8-16(20(24)13-18)9-11-22(27)26-15-21(17-5-4-12-25-14-17)30(28,29)19-6-2-1-3-7-19/h1-14,21H,15H2,(H,26,27)/b11-9+. The molecule has 1 aromatic heterocycles. The van der Waals surface area contributed by atoms with Crippen molar-refractivity contribution in [2.75, 3.05) is 6.54 Å². The van der Waals surface area contributed by atoms with Gasteiger partial charge in [0.25, 0.3) is 0 Å². The minimum atomic E-state index is -3.74. The maximum Gasteiger partial charge on any atom is 0.244 e. The number of sulfone groups is 1. The molecule has 3 rings (SSSR count). The summed E-state index contributed by atoms with van der Waals surface area (Å²) < 4.78 is 26.3. The lowest BCUT2D eigenvalue weighted by Crippen LogP contribution is -2.31. The van der Waals surface area contributed by atoms with Gasteiger partial charge in [0.1, 0.15) is 5.25 Å². The largest absolute Gasteiger partial charge is 0.351 e. The Bertz CT molecular complexity index is 1150. The van der Waals surface area contributed by atoms with Crippen molar-refractivity contribution in [2.24, 2.45) is 0 Å². The highest BCUT2D eigenvalue weighted by atomic mass is 35.5. The third-order valence-corrected chi connectivity index (χ3v) is 7.02. The minimum Gasteiger partial charge on any atom is -0.351 e. The zero-order valence-corrected chi connectivity index (χ0v) is 18.0. The van der Waals surface area contributed by atoms with Gasteiger partial charge in [-0.05, 0) is 47.5 Å². The van der Waals surface area contributed by atoms with Crippen LogP contribution in [0.15, 0.2) is 84.0 Å². The van der Waals surface area contributed by atoms with E-state index >= 15 is 0 Å². The average Bonchev–Trinajstić information content (AvgIpc) is 2.74. The fourth-order valence-corrected chi connectivity index (χ4v) is 4.94. The van der Waals surface area contributed by atoms with E-state index in [9.17, 15) is 13.2 Å². The number of nitrogens with zero attached hydrogens (tertiary/aromatic N) is 1. The minimum absolute atomic E-state index is 0.111. The molecule has 0 saturated carbocycles. The van der Waals surface area contributed by atoms with Gasteiger partial charge in [0.05, 0.1) is 4.90 Å². The first-order valence-electron chi connectivity index (χ1n) is 8.98. The van der Waals surface area contributed by atoms with Crippen molar-refractivity contribution in [1.82, 2.24) is 10.3 Å². The number of rotatable bonds is 7. The second-order valence-corrected chi connectivity index (χ2v) is 9.35. The summed E-state index contributed by atoms with van der Waals surface area (Å²) >= 11 is 12.0. The first-order valence-corrected chi connectivity index (χ1v) is 11.3. The summed E-state index contributed by atoms with van der Waals surface area (Å²) in [6.45, 7) is -0.111. The van der Waals surface area contributed by atoms with Crippen LogP contribution in [-0.4, -0.2) is 25.9 Å². The van der Waals surface area contributed by atoms with E-state index in [-0.39, 0.29) is 11.4 Å². The smallest absolute Gasteiger partial charge is 0.244 e. The molecule has 5 nitrogen and oxygen atoms in total. The summed E-state index contributed by atoms with van der Waals surface area (Å²) in [6.07, 6.45) is 5.89. The fraction of sp³-hybridized carbons (Fsp3) is 0.0909. The van der Waals surface area contributed by atoms with Gasteiger partial charge < -0.3 is 5.32 Å². The van der Waals surface area contributed by atoms with Crippen molar-refractivity contribution in [3.05, 3.63) is 100 Å². The molecule has 8 heteroatoms. The van der Waals surface area contributed by atoms with Crippen LogP contribution in [0.4, 0.5) is 0 Å². The van der Waals surface area contributed by atoms with Crippen LogP contribution in [-0.2, 0) is 14.6 Å². The van der Waals surface area contributed by atoms with Crippen LogP contribution in [0, 0.1) is 0 Å². The summed E-state index contributed by atoms with van der Waals surface area (Å²) in [4.78, 5) is 16.5. The zero-order valence-electron chi connectivity index (χ0n) is 15.7. The van der Waals surface area contributed by atoms with E-state index in [1.165, 1.54) is 24.4 Å². The van der Waals surface area contributed by atoms with Gasteiger partial charge in [-0.2, -0.15) is 0 Å². The average molecular weight is 461 g/mol. The van der Waals surface area contributed by atoms with E-state index in [4.69, 9.17) is 23.2 Å². The highest BCUT2D eigenvalue weighted by Crippen LogP contribution is 2.28. The predicted octanol–water partition coefficient (Wildman–Crippen LogP) is 4.73. The van der Waals surface area contributed by atoms with Crippen LogP contribution >= 0.6 is 23.2 Å². The van der Waals surface area contributed by atoms with Crippen molar-refractivity contribution >= 4 is 45.0 Å². The molecule has 0 radical (unpaired) electrons. The molecule has 0 spiro atoms. The van der Waals surface area contributed by atoms with Gasteiger partial charge in [-0.25, -0.2) is 8.42 Å². The Kier molecular flexibility index (Phi) is 7.26. The normalized spacial score (nSPS) is 12.6. The Hall–Kier alpha value is -2.67. The molecule has 1 N–H and O–H groups in total. The predicted molar refractivity (Wildman–Crippen MR) is 119 cm³/mol. The maximum atomic E-state index is 13.2. The van der Waals surface area contributed by atoms with Crippen molar-refractivity contribution in [1.29, 1.82) is 0 Å². The molecule has 1 amide bonds. The van der Waals surface area contributed by atoms with Crippen LogP contribution < -0.4 is 5.32 Å². The Labute approximate surface area is 185 Å². The van der Waals surface area contributed by atoms with E-state index in [0.29, 0.717) is 21.2 Å². The summed E-state index contributed by atoms with van der Waals surface area (Å²) in [7, 11) is -3.74. The molecule has 1 atom stereocenters. The molecule has 0 aliphatic rings. The lowest BCUT2D eigenvalue weighted by molar-refractivity contribution is -0.116. The van der Waals surface area contributed by atoms with Gasteiger partial charge in [0, 0.05) is 35.1 Å². The van der Waals surface area contributed by atoms with Crippen LogP contribution in [0.2, 0.25) is 10.0 Å². The van der Waals surface area contributed by atoms with Crippen LogP contribution in [0.25, 0.3) is 6.08 Å². The molecule has 154 valence electrons. The van der Waals surface area contributed by atoms with Crippen molar-refractivity contribution in [3.8, 4) is 0 Å². The van der Waals surface area contributed by atoms with Gasteiger partial charge in [-0.15, -0.1) is 0 Å². The number of amides is 1. The second-order valence-electron chi connectivity index (χ2n) is 6.38. The van der Waals surface area contributed by atoms with E-state index in [1.807, 2.05) is 0 Å². The molecule has 2 aromatic carbocycles. The van der Waals surface area contributed by atoms with Gasteiger partial charge in [-0.3, -0.25) is 9.78 Å². The highest BCUT2D eigenvalue weighted by Gasteiger charge is 2.29. The van der Waals surface area contributed by atoms with E-state index < -0.39 is 21.0 Å². The number of hydrogen-bond donors (Lipinski definition) is 1. The third-order valence-electron chi connectivity index (χ3n) is 4.34. The van der Waals surface area contributed by atoms with Crippen LogP contribution in [0.5, 0.6) is 0 Å². The Morgan fingerprint density at radius 3 is 2.50 bits per heavy atom. The second kappa shape index (κ2) is 9.89. The van der Waals surface area contributed by atoms with Gasteiger partial charge in [0.2, 0.25) is 5.91 Å². The first kappa shape index (κ1) is 22.0. The maximum absolute atomic E-state index is 13.2. The number of carbonyl (C=O) groups is 1. The van der Waals surface area contributed by atoms with Gasteiger partial charge >= 0.3 is 0 Å².